The topological polar surface area (TPSA) is 6.48 Å². The molecule has 0 spiro atoms. The minimum Gasteiger partial charge on any atom is -0.334 e. The highest BCUT2D eigenvalue weighted by Crippen LogP contribution is 2.44. The average Bonchev–Trinajstić information content (AvgIpc) is 3.88. The molecule has 0 aliphatic heterocycles. The molecule has 0 radical (unpaired) electrons. The summed E-state index contributed by atoms with van der Waals surface area (Å²) in [5.41, 5.74) is 7.82. The summed E-state index contributed by atoms with van der Waals surface area (Å²) in [7, 11) is 0. The van der Waals surface area contributed by atoms with Crippen LogP contribution in [0.3, 0.4) is 0 Å². The lowest BCUT2D eigenvalue weighted by Crippen LogP contribution is -2.33. The van der Waals surface area contributed by atoms with Gasteiger partial charge in [0.1, 0.15) is 0 Å². The van der Waals surface area contributed by atoms with Gasteiger partial charge in [0.25, 0.3) is 0 Å². The van der Waals surface area contributed by atoms with Crippen LogP contribution in [0.25, 0.3) is 57.9 Å². The molecule has 0 saturated heterocycles. The van der Waals surface area contributed by atoms with E-state index in [1.165, 1.54) is 90.6 Å². The van der Waals surface area contributed by atoms with Crippen LogP contribution in [0.4, 0.5) is 22.7 Å². The van der Waals surface area contributed by atoms with Crippen molar-refractivity contribution in [3.8, 4) is 0 Å². The molecule has 0 saturated carbocycles. The molecular weight excluding hydrogens is 765 g/mol. The van der Waals surface area contributed by atoms with Crippen molar-refractivity contribution in [1.29, 1.82) is 0 Å². The number of rotatable bonds is 7. The number of nitrogens with zero attached hydrogens (tertiary/aromatic N) is 2. The number of anilines is 4. The third kappa shape index (κ3) is 6.05. The Morgan fingerprint density at radius 3 is 1.70 bits per heavy atom. The van der Waals surface area contributed by atoms with Crippen LogP contribution in [-0.4, -0.2) is 12.1 Å². The van der Waals surface area contributed by atoms with Crippen molar-refractivity contribution in [2.24, 2.45) is 0 Å². The van der Waals surface area contributed by atoms with Crippen LogP contribution < -0.4 is 9.80 Å². The van der Waals surface area contributed by atoms with Crippen molar-refractivity contribution in [3.05, 3.63) is 210 Å². The number of allylic oxidation sites excluding steroid dienone is 1. The quantitative estimate of drug-likeness (QED) is 0.148. The molecule has 0 N–H and O–H groups in total. The zero-order chi connectivity index (χ0) is 39.6. The molecule has 2 heterocycles. The van der Waals surface area contributed by atoms with Crippen molar-refractivity contribution < 1.29 is 0 Å². The second-order valence-corrected chi connectivity index (χ2v) is 18.5. The van der Waals surface area contributed by atoms with Gasteiger partial charge >= 0.3 is 0 Å². The molecule has 2 aromatic heterocycles. The fraction of sp³-hybridized carbons (Fsp3) is 0.107. The molecule has 3 unspecified atom stereocenters. The Morgan fingerprint density at radius 2 is 1.00 bits per heavy atom. The summed E-state index contributed by atoms with van der Waals surface area (Å²) in [6, 6.07) is 65.9. The van der Waals surface area contributed by atoms with E-state index in [4.69, 9.17) is 0 Å². The van der Waals surface area contributed by atoms with E-state index in [9.17, 15) is 0 Å². The number of thiophene rings is 2. The lowest BCUT2D eigenvalue weighted by molar-refractivity contribution is 0.586. The monoisotopic (exact) mass is 806 g/mol. The highest BCUT2D eigenvalue weighted by molar-refractivity contribution is 7.25. The van der Waals surface area contributed by atoms with Gasteiger partial charge < -0.3 is 9.80 Å². The molecule has 0 amide bonds. The zero-order valence-corrected chi connectivity index (χ0v) is 34.7. The highest BCUT2D eigenvalue weighted by atomic mass is 32.1. The van der Waals surface area contributed by atoms with Crippen LogP contribution in [0.15, 0.2) is 194 Å². The third-order valence-electron chi connectivity index (χ3n) is 12.9. The number of fused-ring (bicyclic) bond motifs is 8. The molecule has 8 aromatic carbocycles. The van der Waals surface area contributed by atoms with E-state index in [2.05, 4.69) is 210 Å². The lowest BCUT2D eigenvalue weighted by Gasteiger charge is -2.36. The summed E-state index contributed by atoms with van der Waals surface area (Å²) in [6.07, 6.45) is 12.9. The van der Waals surface area contributed by atoms with E-state index in [1.54, 1.807) is 0 Å². The van der Waals surface area contributed by atoms with Gasteiger partial charge in [-0.2, -0.15) is 0 Å². The van der Waals surface area contributed by atoms with E-state index in [0.29, 0.717) is 5.92 Å². The van der Waals surface area contributed by atoms with E-state index >= 15 is 0 Å². The van der Waals surface area contributed by atoms with E-state index in [0.717, 1.165) is 19.3 Å². The van der Waals surface area contributed by atoms with Gasteiger partial charge in [0.05, 0.1) is 12.1 Å². The second kappa shape index (κ2) is 14.7. The molecule has 0 fully saturated rings. The molecule has 4 heteroatoms. The molecule has 3 atom stereocenters. The first-order valence-electron chi connectivity index (χ1n) is 21.2. The molecule has 288 valence electrons. The normalized spacial score (nSPS) is 17.5. The summed E-state index contributed by atoms with van der Waals surface area (Å²) >= 11 is 3.79. The maximum atomic E-state index is 2.60. The Kier molecular flexibility index (Phi) is 8.67. The first-order valence-corrected chi connectivity index (χ1v) is 22.8. The summed E-state index contributed by atoms with van der Waals surface area (Å²) in [4.78, 5) is 6.58. The summed E-state index contributed by atoms with van der Waals surface area (Å²) in [5.74, 6) is 0.355. The SMILES string of the molecule is C1=CC(N(c2ccc(C3C=CC(N(c4ccc5sc6ccccc6c5c4)c4cccc5ccccc45)CC3)cc2)c2cccc3ccccc23)Cc2c1sc1ccccc21. The number of hydrogen-bond donors (Lipinski definition) is 0. The van der Waals surface area contributed by atoms with E-state index in [1.807, 2.05) is 22.7 Å². The first-order chi connectivity index (χ1) is 29.7. The zero-order valence-electron chi connectivity index (χ0n) is 33.1. The van der Waals surface area contributed by atoms with Crippen LogP contribution in [0.5, 0.6) is 0 Å². The smallest absolute Gasteiger partial charge is 0.0567 e. The van der Waals surface area contributed by atoms with Crippen LogP contribution in [0.1, 0.15) is 34.8 Å². The van der Waals surface area contributed by atoms with E-state index in [-0.39, 0.29) is 12.1 Å². The maximum absolute atomic E-state index is 2.60. The van der Waals surface area contributed by atoms with Crippen molar-refractivity contribution in [3.63, 3.8) is 0 Å². The van der Waals surface area contributed by atoms with Crippen molar-refractivity contribution in [1.82, 2.24) is 0 Å². The van der Waals surface area contributed by atoms with Gasteiger partial charge in [-0.25, -0.2) is 0 Å². The lowest BCUT2D eigenvalue weighted by atomic mass is 9.86. The highest BCUT2D eigenvalue weighted by Gasteiger charge is 2.28. The molecule has 2 aliphatic carbocycles. The summed E-state index contributed by atoms with van der Waals surface area (Å²) in [5, 5.41) is 9.16. The minimum atomic E-state index is 0.189. The average molecular weight is 807 g/mol. The Morgan fingerprint density at radius 1 is 0.417 bits per heavy atom. The number of hydrogen-bond acceptors (Lipinski definition) is 4. The standard InChI is InChI=1S/C56H42N2S2/c1-3-15-45-39(11-1)13-9-19-51(45)57(43-31-33-55-49(35-43)47-17-5-7-21-53(47)59-55)41-27-23-37(24-28-41)38-25-29-42(30-26-38)58(52-20-10-14-40-12-2-4-16-46(40)52)44-32-34-56-50(36-44)48-18-6-8-22-54(48)60-56/h1-25,27-29,31-34,36,38,42-43H,26,30,35H2. The van der Waals surface area contributed by atoms with Crippen LogP contribution >= 0.6 is 22.7 Å². The Hall–Kier alpha value is -6.46. The Bertz CT molecular complexity index is 3280. The van der Waals surface area contributed by atoms with Gasteiger partial charge in [-0.15, -0.1) is 22.7 Å². The molecule has 10 aromatic rings. The molecular formula is C56H42N2S2. The van der Waals surface area contributed by atoms with Crippen molar-refractivity contribution >= 4 is 103 Å². The number of benzene rings is 8. The largest absolute Gasteiger partial charge is 0.334 e. The predicted molar refractivity (Wildman–Crippen MR) is 261 cm³/mol. The molecule has 2 nitrogen and oxygen atoms in total. The van der Waals surface area contributed by atoms with Gasteiger partial charge in [-0.3, -0.25) is 0 Å². The van der Waals surface area contributed by atoms with Crippen LogP contribution in [0, 0.1) is 0 Å². The molecule has 60 heavy (non-hydrogen) atoms. The minimum absolute atomic E-state index is 0.189. The van der Waals surface area contributed by atoms with Crippen LogP contribution in [-0.2, 0) is 6.42 Å². The fourth-order valence-corrected chi connectivity index (χ4v) is 12.2. The van der Waals surface area contributed by atoms with Crippen LogP contribution in [0.2, 0.25) is 0 Å². The van der Waals surface area contributed by atoms with Gasteiger partial charge in [0.15, 0.2) is 0 Å². The van der Waals surface area contributed by atoms with Gasteiger partial charge in [-0.05, 0) is 107 Å². The fourth-order valence-electron chi connectivity index (χ4n) is 10.0. The molecule has 0 bridgehead atoms. The predicted octanol–water partition coefficient (Wildman–Crippen LogP) is 16.0. The summed E-state index contributed by atoms with van der Waals surface area (Å²) in [6.45, 7) is 0. The van der Waals surface area contributed by atoms with Gasteiger partial charge in [0, 0.05) is 69.2 Å². The summed E-state index contributed by atoms with van der Waals surface area (Å²) < 4.78 is 4.05. The van der Waals surface area contributed by atoms with Gasteiger partial charge in [0.2, 0.25) is 0 Å². The second-order valence-electron chi connectivity index (χ2n) is 16.3. The molecule has 2 aliphatic rings. The Labute approximate surface area is 358 Å². The third-order valence-corrected chi connectivity index (χ3v) is 15.2. The van der Waals surface area contributed by atoms with E-state index < -0.39 is 0 Å². The van der Waals surface area contributed by atoms with Crippen molar-refractivity contribution in [2.75, 3.05) is 9.80 Å². The molecule has 12 rings (SSSR count). The maximum Gasteiger partial charge on any atom is 0.0567 e. The first kappa shape index (κ1) is 35.5. The van der Waals surface area contributed by atoms with Gasteiger partial charge in [-0.1, -0.05) is 140 Å². The Balaban J connectivity index is 0.890. The van der Waals surface area contributed by atoms with Crippen molar-refractivity contribution in [2.45, 2.75) is 37.3 Å².